The summed E-state index contributed by atoms with van der Waals surface area (Å²) in [5, 5.41) is 3.37. The molecule has 1 rings (SSSR count). The van der Waals surface area contributed by atoms with Crippen molar-refractivity contribution in [3.8, 4) is 0 Å². The Hall–Kier alpha value is -1.25. The van der Waals surface area contributed by atoms with Crippen LogP contribution in [0.2, 0.25) is 0 Å². The van der Waals surface area contributed by atoms with E-state index in [4.69, 9.17) is 0 Å². The molecule has 1 N–H and O–H groups in total. The third-order valence-corrected chi connectivity index (χ3v) is 3.03. The average molecular weight is 235 g/mol. The minimum Gasteiger partial charge on any atom is -0.384 e. The molecule has 0 bridgehead atoms. The van der Waals surface area contributed by atoms with Crippen molar-refractivity contribution in [3.05, 3.63) is 18.5 Å². The smallest absolute Gasteiger partial charge is 0.0570 e. The van der Waals surface area contributed by atoms with Crippen LogP contribution >= 0.6 is 0 Å². The summed E-state index contributed by atoms with van der Waals surface area (Å²) in [6, 6.07) is 2.17. The van der Waals surface area contributed by atoms with E-state index in [2.05, 4.69) is 49.1 Å². The predicted octanol–water partition coefficient (Wildman–Crippen LogP) is 3.39. The summed E-state index contributed by atoms with van der Waals surface area (Å²) in [7, 11) is 2.13. The SMILES string of the molecule is CCCNc1cncc(N(C)CC(C)CC)c1. The highest BCUT2D eigenvalue weighted by Crippen LogP contribution is 2.18. The summed E-state index contributed by atoms with van der Waals surface area (Å²) >= 11 is 0. The fourth-order valence-corrected chi connectivity index (χ4v) is 1.70. The lowest BCUT2D eigenvalue weighted by molar-refractivity contribution is 0.559. The number of aromatic nitrogens is 1. The van der Waals surface area contributed by atoms with E-state index < -0.39 is 0 Å². The van der Waals surface area contributed by atoms with Crippen LogP contribution in [-0.2, 0) is 0 Å². The number of nitrogens with zero attached hydrogens (tertiary/aromatic N) is 2. The molecule has 0 saturated carbocycles. The Morgan fingerprint density at radius 3 is 2.76 bits per heavy atom. The van der Waals surface area contributed by atoms with Gasteiger partial charge in [-0.05, 0) is 18.4 Å². The minimum absolute atomic E-state index is 0.715. The van der Waals surface area contributed by atoms with Gasteiger partial charge in [-0.3, -0.25) is 4.98 Å². The van der Waals surface area contributed by atoms with Gasteiger partial charge in [0.2, 0.25) is 0 Å². The minimum atomic E-state index is 0.715. The lowest BCUT2D eigenvalue weighted by Crippen LogP contribution is -2.23. The van der Waals surface area contributed by atoms with E-state index in [1.165, 1.54) is 12.1 Å². The van der Waals surface area contributed by atoms with E-state index in [0.29, 0.717) is 5.92 Å². The molecule has 0 fully saturated rings. The molecule has 0 amide bonds. The van der Waals surface area contributed by atoms with Crippen molar-refractivity contribution in [1.82, 2.24) is 4.98 Å². The zero-order valence-electron chi connectivity index (χ0n) is 11.5. The van der Waals surface area contributed by atoms with Crippen LogP contribution in [0.1, 0.15) is 33.6 Å². The second-order valence-corrected chi connectivity index (χ2v) is 4.75. The fourth-order valence-electron chi connectivity index (χ4n) is 1.70. The van der Waals surface area contributed by atoms with Gasteiger partial charge in [-0.1, -0.05) is 27.2 Å². The molecular formula is C14H25N3. The van der Waals surface area contributed by atoms with E-state index in [9.17, 15) is 0 Å². The van der Waals surface area contributed by atoms with Crippen molar-refractivity contribution in [2.75, 3.05) is 30.4 Å². The first-order valence-corrected chi connectivity index (χ1v) is 6.57. The van der Waals surface area contributed by atoms with Crippen LogP contribution in [0.5, 0.6) is 0 Å². The van der Waals surface area contributed by atoms with E-state index in [1.54, 1.807) is 0 Å². The highest BCUT2D eigenvalue weighted by molar-refractivity contribution is 5.55. The Bertz CT molecular complexity index is 325. The molecule has 0 aliphatic rings. The Balaban J connectivity index is 2.63. The summed E-state index contributed by atoms with van der Waals surface area (Å²) in [5.41, 5.74) is 2.30. The molecule has 1 heterocycles. The zero-order chi connectivity index (χ0) is 12.7. The lowest BCUT2D eigenvalue weighted by atomic mass is 10.1. The summed E-state index contributed by atoms with van der Waals surface area (Å²) < 4.78 is 0. The predicted molar refractivity (Wildman–Crippen MR) is 75.7 cm³/mol. The zero-order valence-corrected chi connectivity index (χ0v) is 11.5. The van der Waals surface area contributed by atoms with Gasteiger partial charge in [0.1, 0.15) is 0 Å². The maximum Gasteiger partial charge on any atom is 0.0570 e. The van der Waals surface area contributed by atoms with E-state index >= 15 is 0 Å². The standard InChI is InChI=1S/C14H25N3/c1-5-7-16-13-8-14(10-15-9-13)17(4)11-12(3)6-2/h8-10,12,16H,5-7,11H2,1-4H3. The molecule has 1 unspecified atom stereocenters. The molecular weight excluding hydrogens is 210 g/mol. The molecule has 0 radical (unpaired) electrons. The molecule has 17 heavy (non-hydrogen) atoms. The van der Waals surface area contributed by atoms with Crippen LogP contribution in [0, 0.1) is 5.92 Å². The first-order chi connectivity index (χ1) is 8.17. The number of rotatable bonds is 7. The summed E-state index contributed by atoms with van der Waals surface area (Å²) in [6.45, 7) is 8.76. The van der Waals surface area contributed by atoms with Crippen LogP contribution in [0.4, 0.5) is 11.4 Å². The largest absolute Gasteiger partial charge is 0.384 e. The molecule has 1 aromatic rings. The third-order valence-electron chi connectivity index (χ3n) is 3.03. The molecule has 1 aromatic heterocycles. The van der Waals surface area contributed by atoms with Gasteiger partial charge in [-0.25, -0.2) is 0 Å². The van der Waals surface area contributed by atoms with Gasteiger partial charge in [-0.2, -0.15) is 0 Å². The highest BCUT2D eigenvalue weighted by atomic mass is 15.1. The van der Waals surface area contributed by atoms with Crippen molar-refractivity contribution in [1.29, 1.82) is 0 Å². The Morgan fingerprint density at radius 2 is 2.12 bits per heavy atom. The van der Waals surface area contributed by atoms with Gasteiger partial charge in [0.25, 0.3) is 0 Å². The van der Waals surface area contributed by atoms with E-state index in [1.807, 2.05) is 12.4 Å². The second kappa shape index (κ2) is 7.15. The number of hydrogen-bond donors (Lipinski definition) is 1. The van der Waals surface area contributed by atoms with E-state index in [0.717, 1.165) is 25.2 Å². The Kier molecular flexibility index (Phi) is 5.81. The highest BCUT2D eigenvalue weighted by Gasteiger charge is 2.06. The first kappa shape index (κ1) is 13.8. The number of nitrogens with one attached hydrogen (secondary N) is 1. The van der Waals surface area contributed by atoms with Gasteiger partial charge in [0.15, 0.2) is 0 Å². The van der Waals surface area contributed by atoms with Crippen LogP contribution in [0.3, 0.4) is 0 Å². The molecule has 96 valence electrons. The second-order valence-electron chi connectivity index (χ2n) is 4.75. The molecule has 0 aromatic carbocycles. The van der Waals surface area contributed by atoms with Gasteiger partial charge >= 0.3 is 0 Å². The first-order valence-electron chi connectivity index (χ1n) is 6.57. The van der Waals surface area contributed by atoms with Crippen molar-refractivity contribution in [3.63, 3.8) is 0 Å². The normalized spacial score (nSPS) is 12.2. The maximum absolute atomic E-state index is 4.29. The summed E-state index contributed by atoms with van der Waals surface area (Å²) in [6.07, 6.45) is 6.16. The molecule has 0 aliphatic carbocycles. The maximum atomic E-state index is 4.29. The van der Waals surface area contributed by atoms with Crippen molar-refractivity contribution in [2.45, 2.75) is 33.6 Å². The van der Waals surface area contributed by atoms with Crippen LogP contribution in [0.25, 0.3) is 0 Å². The summed E-state index contributed by atoms with van der Waals surface area (Å²) in [4.78, 5) is 6.56. The van der Waals surface area contributed by atoms with E-state index in [-0.39, 0.29) is 0 Å². The summed E-state index contributed by atoms with van der Waals surface area (Å²) in [5.74, 6) is 0.715. The van der Waals surface area contributed by atoms with Crippen LogP contribution < -0.4 is 10.2 Å². The molecule has 0 saturated heterocycles. The number of anilines is 2. The van der Waals surface area contributed by atoms with Gasteiger partial charge in [0.05, 0.1) is 23.8 Å². The average Bonchev–Trinajstić information content (AvgIpc) is 2.36. The Labute approximate surface area is 105 Å². The van der Waals surface area contributed by atoms with Crippen molar-refractivity contribution >= 4 is 11.4 Å². The quantitative estimate of drug-likeness (QED) is 0.785. The van der Waals surface area contributed by atoms with Gasteiger partial charge in [0, 0.05) is 20.1 Å². The molecule has 3 heteroatoms. The monoisotopic (exact) mass is 235 g/mol. The number of hydrogen-bond acceptors (Lipinski definition) is 3. The van der Waals surface area contributed by atoms with Gasteiger partial charge < -0.3 is 10.2 Å². The fraction of sp³-hybridized carbons (Fsp3) is 0.643. The molecule has 0 spiro atoms. The lowest BCUT2D eigenvalue weighted by Gasteiger charge is -2.23. The number of pyridine rings is 1. The topological polar surface area (TPSA) is 28.2 Å². The molecule has 0 aliphatic heterocycles. The molecule has 3 nitrogen and oxygen atoms in total. The Morgan fingerprint density at radius 1 is 1.35 bits per heavy atom. The van der Waals surface area contributed by atoms with Crippen molar-refractivity contribution in [2.24, 2.45) is 5.92 Å². The van der Waals surface area contributed by atoms with Crippen LogP contribution in [-0.4, -0.2) is 25.1 Å². The van der Waals surface area contributed by atoms with Gasteiger partial charge in [-0.15, -0.1) is 0 Å². The van der Waals surface area contributed by atoms with Crippen LogP contribution in [0.15, 0.2) is 18.5 Å². The molecule has 1 atom stereocenters. The van der Waals surface area contributed by atoms with Crippen molar-refractivity contribution < 1.29 is 0 Å². The third kappa shape index (κ3) is 4.63.